The van der Waals surface area contributed by atoms with Crippen LogP contribution in [0, 0.1) is 6.92 Å². The zero-order valence-electron chi connectivity index (χ0n) is 19.3. The molecule has 0 unspecified atom stereocenters. The second kappa shape index (κ2) is 12.3. The number of amides is 1. The van der Waals surface area contributed by atoms with Crippen LogP contribution < -0.4 is 5.32 Å². The SMILES string of the molecule is CSCC[C@H](NC(=O)c1ccc(COCc2ccc(O)cc2)cc1-c1ccccc1C)C(=O)O. The molecule has 0 fully saturated rings. The highest BCUT2D eigenvalue weighted by atomic mass is 32.2. The molecule has 1 amide bonds. The fourth-order valence-electron chi connectivity index (χ4n) is 3.59. The quantitative estimate of drug-likeness (QED) is 0.357. The number of rotatable bonds is 11. The molecule has 0 aliphatic carbocycles. The first kappa shape index (κ1) is 25.3. The lowest BCUT2D eigenvalue weighted by atomic mass is 9.93. The molecule has 0 bridgehead atoms. The Labute approximate surface area is 204 Å². The molecule has 0 saturated heterocycles. The summed E-state index contributed by atoms with van der Waals surface area (Å²) < 4.78 is 5.85. The number of phenols is 1. The molecule has 0 aliphatic rings. The summed E-state index contributed by atoms with van der Waals surface area (Å²) in [7, 11) is 0. The van der Waals surface area contributed by atoms with Crippen molar-refractivity contribution in [1.82, 2.24) is 5.32 Å². The highest BCUT2D eigenvalue weighted by Gasteiger charge is 2.22. The van der Waals surface area contributed by atoms with Crippen molar-refractivity contribution in [3.8, 4) is 16.9 Å². The number of thioether (sulfide) groups is 1. The van der Waals surface area contributed by atoms with Crippen LogP contribution in [-0.4, -0.2) is 40.1 Å². The van der Waals surface area contributed by atoms with E-state index >= 15 is 0 Å². The molecule has 1 atom stereocenters. The zero-order chi connectivity index (χ0) is 24.5. The summed E-state index contributed by atoms with van der Waals surface area (Å²) in [5, 5.41) is 21.6. The lowest BCUT2D eigenvalue weighted by Crippen LogP contribution is -2.41. The van der Waals surface area contributed by atoms with Crippen molar-refractivity contribution in [2.45, 2.75) is 32.6 Å². The van der Waals surface area contributed by atoms with Crippen LogP contribution in [0.5, 0.6) is 5.75 Å². The molecule has 3 aromatic rings. The number of carbonyl (C=O) groups is 2. The van der Waals surface area contributed by atoms with Gasteiger partial charge in [-0.15, -0.1) is 0 Å². The fourth-order valence-corrected chi connectivity index (χ4v) is 4.06. The minimum atomic E-state index is -1.04. The van der Waals surface area contributed by atoms with Gasteiger partial charge < -0.3 is 20.3 Å². The largest absolute Gasteiger partial charge is 0.508 e. The summed E-state index contributed by atoms with van der Waals surface area (Å²) >= 11 is 1.54. The average molecular weight is 480 g/mol. The molecule has 0 heterocycles. The van der Waals surface area contributed by atoms with Crippen molar-refractivity contribution in [1.29, 1.82) is 0 Å². The molecule has 0 spiro atoms. The Morgan fingerprint density at radius 2 is 1.65 bits per heavy atom. The number of carboxylic acids is 1. The first-order valence-electron chi connectivity index (χ1n) is 11.0. The van der Waals surface area contributed by atoms with Gasteiger partial charge in [0.1, 0.15) is 11.8 Å². The molecule has 34 heavy (non-hydrogen) atoms. The third kappa shape index (κ3) is 6.85. The normalized spacial score (nSPS) is 11.7. The highest BCUT2D eigenvalue weighted by Crippen LogP contribution is 2.29. The smallest absolute Gasteiger partial charge is 0.326 e. The van der Waals surface area contributed by atoms with Gasteiger partial charge in [0.2, 0.25) is 0 Å². The van der Waals surface area contributed by atoms with Gasteiger partial charge in [0.05, 0.1) is 13.2 Å². The molecule has 3 aromatic carbocycles. The van der Waals surface area contributed by atoms with Crippen molar-refractivity contribution < 1.29 is 24.5 Å². The minimum absolute atomic E-state index is 0.207. The second-order valence-corrected chi connectivity index (χ2v) is 8.99. The van der Waals surface area contributed by atoms with Crippen LogP contribution in [-0.2, 0) is 22.7 Å². The number of aryl methyl sites for hydroxylation is 1. The monoisotopic (exact) mass is 479 g/mol. The van der Waals surface area contributed by atoms with Gasteiger partial charge in [-0.05, 0) is 77.4 Å². The molecule has 7 heteroatoms. The first-order chi connectivity index (χ1) is 16.4. The molecule has 0 aromatic heterocycles. The Kier molecular flexibility index (Phi) is 9.13. The van der Waals surface area contributed by atoms with E-state index in [1.165, 1.54) is 11.8 Å². The molecule has 0 radical (unpaired) electrons. The van der Waals surface area contributed by atoms with Gasteiger partial charge in [0, 0.05) is 5.56 Å². The van der Waals surface area contributed by atoms with Crippen molar-refractivity contribution in [2.24, 2.45) is 0 Å². The maximum Gasteiger partial charge on any atom is 0.326 e. The predicted octanol–water partition coefficient (Wildman–Crippen LogP) is 5.02. The van der Waals surface area contributed by atoms with Crippen LogP contribution in [0.25, 0.3) is 11.1 Å². The van der Waals surface area contributed by atoms with Crippen molar-refractivity contribution in [3.05, 3.63) is 89.0 Å². The van der Waals surface area contributed by atoms with E-state index in [1.807, 2.05) is 49.6 Å². The van der Waals surface area contributed by atoms with Gasteiger partial charge in [0.15, 0.2) is 0 Å². The van der Waals surface area contributed by atoms with Crippen LogP contribution in [0.1, 0.15) is 33.5 Å². The van der Waals surface area contributed by atoms with Crippen molar-refractivity contribution in [3.63, 3.8) is 0 Å². The van der Waals surface area contributed by atoms with Gasteiger partial charge in [-0.2, -0.15) is 11.8 Å². The number of hydrogen-bond acceptors (Lipinski definition) is 5. The van der Waals surface area contributed by atoms with E-state index in [2.05, 4.69) is 5.32 Å². The molecular formula is C27H29NO5S. The second-order valence-electron chi connectivity index (χ2n) is 8.00. The Morgan fingerprint density at radius 1 is 0.971 bits per heavy atom. The number of aromatic hydroxyl groups is 1. The van der Waals surface area contributed by atoms with Crippen molar-refractivity contribution >= 4 is 23.6 Å². The molecule has 3 rings (SSSR count). The summed E-state index contributed by atoms with van der Waals surface area (Å²) in [6.45, 7) is 2.70. The summed E-state index contributed by atoms with van der Waals surface area (Å²) in [4.78, 5) is 24.8. The van der Waals surface area contributed by atoms with Crippen molar-refractivity contribution in [2.75, 3.05) is 12.0 Å². The van der Waals surface area contributed by atoms with E-state index in [9.17, 15) is 19.8 Å². The van der Waals surface area contributed by atoms with Crippen LogP contribution in [0.4, 0.5) is 0 Å². The summed E-state index contributed by atoms with van der Waals surface area (Å²) in [6.07, 6.45) is 2.25. The third-order valence-corrected chi connectivity index (χ3v) is 6.10. The van der Waals surface area contributed by atoms with Gasteiger partial charge in [-0.1, -0.05) is 42.5 Å². The number of benzene rings is 3. The van der Waals surface area contributed by atoms with Crippen LogP contribution in [0.2, 0.25) is 0 Å². The first-order valence-corrected chi connectivity index (χ1v) is 12.4. The number of ether oxygens (including phenoxy) is 1. The number of carboxylic acid groups (broad SMARTS) is 1. The topological polar surface area (TPSA) is 95.9 Å². The molecule has 6 nitrogen and oxygen atoms in total. The Bertz CT molecular complexity index is 1130. The lowest BCUT2D eigenvalue weighted by Gasteiger charge is -2.17. The molecular weight excluding hydrogens is 450 g/mol. The maximum atomic E-state index is 13.1. The number of aliphatic carboxylic acids is 1. The number of hydrogen-bond donors (Lipinski definition) is 3. The Balaban J connectivity index is 1.84. The molecule has 3 N–H and O–H groups in total. The highest BCUT2D eigenvalue weighted by molar-refractivity contribution is 7.98. The van der Waals surface area contributed by atoms with Gasteiger partial charge in [-0.25, -0.2) is 4.79 Å². The summed E-state index contributed by atoms with van der Waals surface area (Å²) in [5.74, 6) is -0.611. The van der Waals surface area contributed by atoms with E-state index in [4.69, 9.17) is 4.74 Å². The fraction of sp³-hybridized carbons (Fsp3) is 0.259. The Hall–Kier alpha value is -3.29. The van der Waals surface area contributed by atoms with E-state index in [1.54, 1.807) is 30.3 Å². The van der Waals surface area contributed by atoms with Gasteiger partial charge in [0.25, 0.3) is 5.91 Å². The van der Waals surface area contributed by atoms with E-state index in [0.29, 0.717) is 31.0 Å². The number of nitrogens with one attached hydrogen (secondary N) is 1. The standard InChI is InChI=1S/C27H29NO5S/c1-18-5-3-4-6-22(18)24-15-20(17-33-16-19-7-10-21(29)11-8-19)9-12-23(24)26(30)28-25(27(31)32)13-14-34-2/h3-12,15,25,29H,13-14,16-17H2,1-2H3,(H,28,30)(H,31,32)/t25-/m0/s1. The predicted molar refractivity (Wildman–Crippen MR) is 135 cm³/mol. The number of phenolic OH excluding ortho intramolecular Hbond substituents is 1. The molecule has 178 valence electrons. The van der Waals surface area contributed by atoms with Crippen LogP contribution >= 0.6 is 11.8 Å². The lowest BCUT2D eigenvalue weighted by molar-refractivity contribution is -0.139. The Morgan fingerprint density at radius 3 is 2.32 bits per heavy atom. The van der Waals surface area contributed by atoms with E-state index < -0.39 is 17.9 Å². The van der Waals surface area contributed by atoms with E-state index in [-0.39, 0.29) is 5.75 Å². The molecule has 0 aliphatic heterocycles. The average Bonchev–Trinajstić information content (AvgIpc) is 2.83. The van der Waals surface area contributed by atoms with Crippen LogP contribution in [0.3, 0.4) is 0 Å². The minimum Gasteiger partial charge on any atom is -0.508 e. The summed E-state index contributed by atoms with van der Waals surface area (Å²) in [6, 6.07) is 19.1. The maximum absolute atomic E-state index is 13.1. The molecule has 0 saturated carbocycles. The third-order valence-electron chi connectivity index (χ3n) is 5.45. The zero-order valence-corrected chi connectivity index (χ0v) is 20.1. The summed E-state index contributed by atoms with van der Waals surface area (Å²) in [5.41, 5.74) is 4.91. The van der Waals surface area contributed by atoms with Gasteiger partial charge >= 0.3 is 5.97 Å². The number of carbonyl (C=O) groups excluding carboxylic acids is 1. The van der Waals surface area contributed by atoms with E-state index in [0.717, 1.165) is 27.8 Å². The van der Waals surface area contributed by atoms with Gasteiger partial charge in [-0.3, -0.25) is 4.79 Å². The van der Waals surface area contributed by atoms with Crippen LogP contribution in [0.15, 0.2) is 66.7 Å².